The molecular weight excluding hydrogens is 230 g/mol. The molecule has 0 aliphatic carbocycles. The number of aryl methyl sites for hydroxylation is 2. The van der Waals surface area contributed by atoms with Crippen LogP contribution in [0.4, 0.5) is 0 Å². The molecular formula is C9H17N3O3S. The van der Waals surface area contributed by atoms with E-state index in [4.69, 9.17) is 4.55 Å². The number of aromatic nitrogens is 3. The van der Waals surface area contributed by atoms with Crippen LogP contribution in [0, 0.1) is 0 Å². The van der Waals surface area contributed by atoms with Gasteiger partial charge in [-0.15, -0.1) is 5.10 Å². The minimum Gasteiger partial charge on any atom is -0.284 e. The van der Waals surface area contributed by atoms with Crippen molar-refractivity contribution in [1.82, 2.24) is 15.0 Å². The average Bonchev–Trinajstić information content (AvgIpc) is 2.69. The van der Waals surface area contributed by atoms with E-state index in [1.165, 1.54) is 0 Å². The largest absolute Gasteiger partial charge is 0.301 e. The van der Waals surface area contributed by atoms with E-state index in [0.29, 0.717) is 13.0 Å². The Hall–Kier alpha value is -0.790. The second-order valence-electron chi connectivity index (χ2n) is 3.47. The van der Waals surface area contributed by atoms with E-state index in [-0.39, 0.29) is 6.61 Å². The molecule has 1 rings (SSSR count). The predicted molar refractivity (Wildman–Crippen MR) is 60.0 cm³/mol. The van der Waals surface area contributed by atoms with Gasteiger partial charge >= 0.3 is 11.4 Å². The minimum absolute atomic E-state index is 0.243. The molecule has 0 saturated heterocycles. The van der Waals surface area contributed by atoms with Crippen LogP contribution in [0.25, 0.3) is 0 Å². The van der Waals surface area contributed by atoms with Crippen molar-refractivity contribution in [2.24, 2.45) is 0 Å². The van der Waals surface area contributed by atoms with E-state index >= 15 is 0 Å². The van der Waals surface area contributed by atoms with Crippen molar-refractivity contribution >= 4 is 11.4 Å². The molecule has 1 aromatic heterocycles. The van der Waals surface area contributed by atoms with Crippen LogP contribution in [0.1, 0.15) is 31.9 Å². The second kappa shape index (κ2) is 7.48. The van der Waals surface area contributed by atoms with Crippen LogP contribution in [0.2, 0.25) is 0 Å². The van der Waals surface area contributed by atoms with Crippen molar-refractivity contribution in [2.45, 2.75) is 39.2 Å². The molecule has 0 spiro atoms. The van der Waals surface area contributed by atoms with Crippen molar-refractivity contribution in [1.29, 1.82) is 0 Å². The summed E-state index contributed by atoms with van der Waals surface area (Å²) in [6, 6.07) is 0. The lowest BCUT2D eigenvalue weighted by Gasteiger charge is -1.99. The van der Waals surface area contributed by atoms with Crippen LogP contribution in [-0.2, 0) is 28.5 Å². The maximum Gasteiger partial charge on any atom is 0.301 e. The summed E-state index contributed by atoms with van der Waals surface area (Å²) >= 11 is -2.17. The fraction of sp³-hybridized carbons (Fsp3) is 0.778. The lowest BCUT2D eigenvalue weighted by Crippen LogP contribution is -2.04. The molecule has 16 heavy (non-hydrogen) atoms. The summed E-state index contributed by atoms with van der Waals surface area (Å²) in [6.45, 7) is 3.03. The molecule has 6 nitrogen and oxygen atoms in total. The highest BCUT2D eigenvalue weighted by molar-refractivity contribution is 7.74. The quantitative estimate of drug-likeness (QED) is 0.551. The molecule has 0 saturated carbocycles. The van der Waals surface area contributed by atoms with Crippen LogP contribution in [-0.4, -0.2) is 30.4 Å². The summed E-state index contributed by atoms with van der Waals surface area (Å²) in [5.41, 5.74) is 0.994. The van der Waals surface area contributed by atoms with E-state index < -0.39 is 11.4 Å². The Morgan fingerprint density at radius 1 is 1.56 bits per heavy atom. The summed E-state index contributed by atoms with van der Waals surface area (Å²) in [4.78, 5) is 0. The molecule has 1 atom stereocenters. The molecule has 1 N–H and O–H groups in total. The highest BCUT2D eigenvalue weighted by atomic mass is 32.2. The van der Waals surface area contributed by atoms with Crippen molar-refractivity contribution in [3.05, 3.63) is 11.9 Å². The van der Waals surface area contributed by atoms with Crippen molar-refractivity contribution in [3.8, 4) is 0 Å². The monoisotopic (exact) mass is 247 g/mol. The minimum atomic E-state index is -2.17. The highest BCUT2D eigenvalue weighted by Crippen LogP contribution is 2.01. The summed E-state index contributed by atoms with van der Waals surface area (Å²) in [6.07, 6.45) is 5.76. The van der Waals surface area contributed by atoms with Gasteiger partial charge in [0.1, 0.15) is 0 Å². The fourth-order valence-corrected chi connectivity index (χ4v) is 1.54. The molecule has 0 fully saturated rings. The van der Waals surface area contributed by atoms with Crippen molar-refractivity contribution in [2.75, 3.05) is 6.61 Å². The summed E-state index contributed by atoms with van der Waals surface area (Å²) < 4.78 is 24.8. The number of hydrogen-bond donors (Lipinski definition) is 1. The number of unbranched alkanes of at least 4 members (excludes halogenated alkanes) is 1. The maximum absolute atomic E-state index is 10.2. The Labute approximate surface area is 97.5 Å². The van der Waals surface area contributed by atoms with Crippen LogP contribution >= 0.6 is 0 Å². The predicted octanol–water partition coefficient (Wildman–Crippen LogP) is 1.16. The molecule has 92 valence electrons. The van der Waals surface area contributed by atoms with Gasteiger partial charge in [-0.1, -0.05) is 18.6 Å². The van der Waals surface area contributed by atoms with Gasteiger partial charge in [0, 0.05) is 12.7 Å². The smallest absolute Gasteiger partial charge is 0.284 e. The third-order valence-electron chi connectivity index (χ3n) is 2.09. The summed E-state index contributed by atoms with van der Waals surface area (Å²) in [5.74, 6) is 0. The Morgan fingerprint density at radius 3 is 3.06 bits per heavy atom. The zero-order valence-corrected chi connectivity index (χ0v) is 10.2. The van der Waals surface area contributed by atoms with Gasteiger partial charge in [0.15, 0.2) is 0 Å². The Bertz CT molecular complexity index is 330. The van der Waals surface area contributed by atoms with Gasteiger partial charge in [0.2, 0.25) is 0 Å². The molecule has 1 heterocycles. The summed E-state index contributed by atoms with van der Waals surface area (Å²) in [5, 5.41) is 7.99. The molecule has 7 heteroatoms. The first-order chi connectivity index (χ1) is 7.72. The van der Waals surface area contributed by atoms with Crippen molar-refractivity contribution < 1.29 is 12.9 Å². The normalized spacial score (nSPS) is 12.9. The van der Waals surface area contributed by atoms with Gasteiger partial charge < -0.3 is 0 Å². The SMILES string of the molecule is CCCCc1cn(CCCOS(=O)O)nn1. The Balaban J connectivity index is 2.21. The van der Waals surface area contributed by atoms with E-state index in [0.717, 1.165) is 25.0 Å². The van der Waals surface area contributed by atoms with Gasteiger partial charge in [0.25, 0.3) is 0 Å². The number of nitrogens with zero attached hydrogens (tertiary/aromatic N) is 3. The standard InChI is InChI=1S/C9H17N3O3S/c1-2-3-5-9-8-12(11-10-9)6-4-7-15-16(13)14/h8H,2-7H2,1H3,(H,13,14). The van der Waals surface area contributed by atoms with E-state index in [2.05, 4.69) is 21.4 Å². The summed E-state index contributed by atoms with van der Waals surface area (Å²) in [7, 11) is 0. The average molecular weight is 247 g/mol. The molecule has 0 aliphatic rings. The van der Waals surface area contributed by atoms with E-state index in [9.17, 15) is 4.21 Å². The molecule has 0 radical (unpaired) electrons. The lowest BCUT2D eigenvalue weighted by molar-refractivity contribution is 0.291. The number of rotatable bonds is 8. The lowest BCUT2D eigenvalue weighted by atomic mass is 10.2. The topological polar surface area (TPSA) is 77.2 Å². The molecule has 0 bridgehead atoms. The maximum atomic E-state index is 10.2. The van der Waals surface area contributed by atoms with Crippen LogP contribution < -0.4 is 0 Å². The first-order valence-corrected chi connectivity index (χ1v) is 6.38. The van der Waals surface area contributed by atoms with Crippen molar-refractivity contribution in [3.63, 3.8) is 0 Å². The van der Waals surface area contributed by atoms with Crippen LogP contribution in [0.15, 0.2) is 6.20 Å². The van der Waals surface area contributed by atoms with Crippen LogP contribution in [0.5, 0.6) is 0 Å². The second-order valence-corrected chi connectivity index (χ2v) is 4.14. The molecule has 1 aromatic rings. The van der Waals surface area contributed by atoms with E-state index in [1.54, 1.807) is 4.68 Å². The zero-order valence-electron chi connectivity index (χ0n) is 9.33. The molecule has 0 aliphatic heterocycles. The van der Waals surface area contributed by atoms with Gasteiger partial charge in [-0.25, -0.2) is 0 Å². The fourth-order valence-electron chi connectivity index (χ4n) is 1.28. The van der Waals surface area contributed by atoms with Gasteiger partial charge in [-0.05, 0) is 19.3 Å². The molecule has 1 unspecified atom stereocenters. The first kappa shape index (κ1) is 13.3. The van der Waals surface area contributed by atoms with E-state index in [1.807, 2.05) is 6.20 Å². The Morgan fingerprint density at radius 2 is 2.38 bits per heavy atom. The third kappa shape index (κ3) is 5.34. The Kier molecular flexibility index (Phi) is 6.20. The van der Waals surface area contributed by atoms with Crippen LogP contribution in [0.3, 0.4) is 0 Å². The zero-order chi connectivity index (χ0) is 11.8. The van der Waals surface area contributed by atoms with Gasteiger partial charge in [-0.3, -0.25) is 13.4 Å². The molecule has 0 amide bonds. The number of hydrogen-bond acceptors (Lipinski definition) is 4. The highest BCUT2D eigenvalue weighted by Gasteiger charge is 2.00. The van der Waals surface area contributed by atoms with Gasteiger partial charge in [0.05, 0.1) is 12.3 Å². The molecule has 0 aromatic carbocycles. The third-order valence-corrected chi connectivity index (χ3v) is 2.46. The first-order valence-electron chi connectivity index (χ1n) is 5.35. The van der Waals surface area contributed by atoms with Gasteiger partial charge in [-0.2, -0.15) is 4.21 Å².